The zero-order chi connectivity index (χ0) is 15.0. The largest absolute Gasteiger partial charge is 0.481 e. The fourth-order valence-electron chi connectivity index (χ4n) is 1.67. The maximum Gasteiger partial charge on any atom is 0.303 e. The van der Waals surface area contributed by atoms with Gasteiger partial charge in [-0.05, 0) is 32.9 Å². The molecule has 0 aromatic carbocycles. The Labute approximate surface area is 118 Å². The molecule has 1 heterocycles. The highest BCUT2D eigenvalue weighted by Gasteiger charge is 2.15. The molecule has 0 saturated heterocycles. The Morgan fingerprint density at radius 1 is 1.35 bits per heavy atom. The van der Waals surface area contributed by atoms with Gasteiger partial charge in [0.25, 0.3) is 0 Å². The van der Waals surface area contributed by atoms with Crippen LogP contribution in [0.4, 0.5) is 5.95 Å². The first-order valence-corrected chi connectivity index (χ1v) is 6.51. The molecular formula is C13H20N4O3. The van der Waals surface area contributed by atoms with E-state index in [2.05, 4.69) is 15.3 Å². The van der Waals surface area contributed by atoms with Crippen LogP contribution in [-0.4, -0.2) is 51.0 Å². The summed E-state index contributed by atoms with van der Waals surface area (Å²) in [5, 5.41) is 11.2. The van der Waals surface area contributed by atoms with Crippen LogP contribution < -0.4 is 5.32 Å². The minimum atomic E-state index is -0.823. The fraction of sp³-hybridized carbons (Fsp3) is 0.538. The second-order valence-corrected chi connectivity index (χ2v) is 4.68. The molecule has 0 fully saturated rings. The highest BCUT2D eigenvalue weighted by molar-refractivity contribution is 5.90. The molecule has 7 nitrogen and oxygen atoms in total. The molecule has 1 aromatic rings. The summed E-state index contributed by atoms with van der Waals surface area (Å²) >= 11 is 0. The summed E-state index contributed by atoms with van der Waals surface area (Å²) in [6.45, 7) is 4.68. The molecule has 0 saturated carbocycles. The number of anilines is 1. The van der Waals surface area contributed by atoms with Crippen molar-refractivity contribution in [1.29, 1.82) is 0 Å². The average Bonchev–Trinajstić information content (AvgIpc) is 2.38. The third-order valence-electron chi connectivity index (χ3n) is 2.73. The lowest BCUT2D eigenvalue weighted by molar-refractivity contribution is -0.137. The van der Waals surface area contributed by atoms with Gasteiger partial charge in [-0.2, -0.15) is 0 Å². The monoisotopic (exact) mass is 280 g/mol. The first-order chi connectivity index (χ1) is 9.49. The molecule has 0 unspecified atom stereocenters. The van der Waals surface area contributed by atoms with E-state index in [0.29, 0.717) is 13.0 Å². The highest BCUT2D eigenvalue weighted by atomic mass is 16.4. The van der Waals surface area contributed by atoms with E-state index in [-0.39, 0.29) is 30.9 Å². The SMILES string of the molecule is CC(C)N(CCCC(=O)O)CC(=O)Nc1ncccn1. The predicted octanol–water partition coefficient (Wildman–Crippen LogP) is 0.990. The van der Waals surface area contributed by atoms with Gasteiger partial charge in [0, 0.05) is 24.9 Å². The lowest BCUT2D eigenvalue weighted by Gasteiger charge is -2.25. The Morgan fingerprint density at radius 3 is 2.55 bits per heavy atom. The normalized spacial score (nSPS) is 10.8. The zero-order valence-electron chi connectivity index (χ0n) is 11.7. The van der Waals surface area contributed by atoms with E-state index in [1.165, 1.54) is 0 Å². The predicted molar refractivity (Wildman–Crippen MR) is 74.2 cm³/mol. The minimum Gasteiger partial charge on any atom is -0.481 e. The van der Waals surface area contributed by atoms with Crippen molar-refractivity contribution in [2.75, 3.05) is 18.4 Å². The van der Waals surface area contributed by atoms with Crippen molar-refractivity contribution in [2.24, 2.45) is 0 Å². The molecule has 0 spiro atoms. The van der Waals surface area contributed by atoms with Crippen LogP contribution in [0.5, 0.6) is 0 Å². The van der Waals surface area contributed by atoms with Crippen molar-refractivity contribution in [3.05, 3.63) is 18.5 Å². The van der Waals surface area contributed by atoms with Gasteiger partial charge in [-0.1, -0.05) is 0 Å². The molecule has 0 aliphatic heterocycles. The van der Waals surface area contributed by atoms with Gasteiger partial charge >= 0.3 is 5.97 Å². The number of carboxylic acids is 1. The number of carboxylic acid groups (broad SMARTS) is 1. The summed E-state index contributed by atoms with van der Waals surface area (Å²) in [5.74, 6) is -0.761. The molecule has 7 heteroatoms. The van der Waals surface area contributed by atoms with Gasteiger partial charge in [-0.3, -0.25) is 19.8 Å². The first-order valence-electron chi connectivity index (χ1n) is 6.51. The number of carbonyl (C=O) groups is 2. The van der Waals surface area contributed by atoms with E-state index in [1.54, 1.807) is 18.5 Å². The summed E-state index contributed by atoms with van der Waals surface area (Å²) in [5.41, 5.74) is 0. The second-order valence-electron chi connectivity index (χ2n) is 4.68. The summed E-state index contributed by atoms with van der Waals surface area (Å²) in [7, 11) is 0. The summed E-state index contributed by atoms with van der Waals surface area (Å²) in [6.07, 6.45) is 3.72. The van der Waals surface area contributed by atoms with E-state index in [0.717, 1.165) is 0 Å². The van der Waals surface area contributed by atoms with Gasteiger partial charge in [0.2, 0.25) is 11.9 Å². The number of aromatic nitrogens is 2. The lowest BCUT2D eigenvalue weighted by atomic mass is 10.2. The second kappa shape index (κ2) is 8.21. The molecule has 2 N–H and O–H groups in total. The number of nitrogens with one attached hydrogen (secondary N) is 1. The summed E-state index contributed by atoms with van der Waals surface area (Å²) < 4.78 is 0. The van der Waals surface area contributed by atoms with E-state index in [4.69, 9.17) is 5.11 Å². The quantitative estimate of drug-likeness (QED) is 0.737. The van der Waals surface area contributed by atoms with Crippen LogP contribution in [0.2, 0.25) is 0 Å². The average molecular weight is 280 g/mol. The van der Waals surface area contributed by atoms with Crippen LogP contribution in [0, 0.1) is 0 Å². The van der Waals surface area contributed by atoms with Gasteiger partial charge in [0.15, 0.2) is 0 Å². The molecular weight excluding hydrogens is 260 g/mol. The van der Waals surface area contributed by atoms with Gasteiger partial charge in [-0.15, -0.1) is 0 Å². The third-order valence-corrected chi connectivity index (χ3v) is 2.73. The van der Waals surface area contributed by atoms with Gasteiger partial charge in [0.05, 0.1) is 6.54 Å². The van der Waals surface area contributed by atoms with Crippen molar-refractivity contribution < 1.29 is 14.7 Å². The molecule has 0 atom stereocenters. The van der Waals surface area contributed by atoms with Crippen molar-refractivity contribution >= 4 is 17.8 Å². The number of hydrogen-bond acceptors (Lipinski definition) is 5. The molecule has 0 bridgehead atoms. The number of hydrogen-bond donors (Lipinski definition) is 2. The molecule has 110 valence electrons. The van der Waals surface area contributed by atoms with Crippen LogP contribution in [-0.2, 0) is 9.59 Å². The Bertz CT molecular complexity index is 437. The molecule has 1 rings (SSSR count). The first kappa shape index (κ1) is 16.0. The number of rotatable bonds is 8. The van der Waals surface area contributed by atoms with Crippen LogP contribution in [0.1, 0.15) is 26.7 Å². The summed E-state index contributed by atoms with van der Waals surface area (Å²) in [4.78, 5) is 32.1. The standard InChI is InChI=1S/C13H20N4O3/c1-10(2)17(8-3-5-12(19)20)9-11(18)16-13-14-6-4-7-15-13/h4,6-7,10H,3,5,8-9H2,1-2H3,(H,19,20)(H,14,15,16,18). The maximum absolute atomic E-state index is 11.9. The Hall–Kier alpha value is -2.02. The van der Waals surface area contributed by atoms with Crippen LogP contribution >= 0.6 is 0 Å². The molecule has 20 heavy (non-hydrogen) atoms. The Balaban J connectivity index is 2.44. The van der Waals surface area contributed by atoms with E-state index in [9.17, 15) is 9.59 Å². The Kier molecular flexibility index (Phi) is 6.58. The van der Waals surface area contributed by atoms with Crippen molar-refractivity contribution in [3.63, 3.8) is 0 Å². The van der Waals surface area contributed by atoms with Gasteiger partial charge in [0.1, 0.15) is 0 Å². The number of aliphatic carboxylic acids is 1. The maximum atomic E-state index is 11.9. The van der Waals surface area contributed by atoms with E-state index < -0.39 is 5.97 Å². The van der Waals surface area contributed by atoms with Gasteiger partial charge in [-0.25, -0.2) is 9.97 Å². The van der Waals surface area contributed by atoms with Crippen LogP contribution in [0.25, 0.3) is 0 Å². The number of carbonyl (C=O) groups excluding carboxylic acids is 1. The van der Waals surface area contributed by atoms with E-state index >= 15 is 0 Å². The topological polar surface area (TPSA) is 95.4 Å². The number of nitrogens with zero attached hydrogens (tertiary/aromatic N) is 3. The third kappa shape index (κ3) is 6.24. The molecule has 1 amide bonds. The molecule has 0 aliphatic rings. The minimum absolute atomic E-state index is 0.104. The number of amides is 1. The zero-order valence-corrected chi connectivity index (χ0v) is 11.7. The highest BCUT2D eigenvalue weighted by Crippen LogP contribution is 2.03. The molecule has 1 aromatic heterocycles. The fourth-order valence-corrected chi connectivity index (χ4v) is 1.67. The van der Waals surface area contributed by atoms with Crippen molar-refractivity contribution in [2.45, 2.75) is 32.7 Å². The van der Waals surface area contributed by atoms with Crippen LogP contribution in [0.15, 0.2) is 18.5 Å². The van der Waals surface area contributed by atoms with Crippen molar-refractivity contribution in [3.8, 4) is 0 Å². The van der Waals surface area contributed by atoms with Crippen molar-refractivity contribution in [1.82, 2.24) is 14.9 Å². The lowest BCUT2D eigenvalue weighted by Crippen LogP contribution is -2.39. The summed E-state index contributed by atoms with van der Waals surface area (Å²) in [6, 6.07) is 1.83. The van der Waals surface area contributed by atoms with E-state index in [1.807, 2.05) is 18.7 Å². The Morgan fingerprint density at radius 2 is 2.00 bits per heavy atom. The van der Waals surface area contributed by atoms with Gasteiger partial charge < -0.3 is 5.11 Å². The molecule has 0 radical (unpaired) electrons. The molecule has 0 aliphatic carbocycles. The van der Waals surface area contributed by atoms with Crippen LogP contribution in [0.3, 0.4) is 0 Å². The smallest absolute Gasteiger partial charge is 0.303 e.